The van der Waals surface area contributed by atoms with Gasteiger partial charge in [0, 0.05) is 11.9 Å². The average Bonchev–Trinajstić information content (AvgIpc) is 2.89. The molecule has 0 aliphatic carbocycles. The van der Waals surface area contributed by atoms with Crippen molar-refractivity contribution in [2.45, 2.75) is 12.4 Å². The van der Waals surface area contributed by atoms with E-state index in [9.17, 15) is 26.3 Å². The molecule has 0 spiro atoms. The first-order valence-corrected chi connectivity index (χ1v) is 6.42. The second kappa shape index (κ2) is 5.39. The van der Waals surface area contributed by atoms with Crippen LogP contribution in [0, 0.1) is 0 Å². The number of fused-ring (bicyclic) bond motifs is 1. The highest BCUT2D eigenvalue weighted by atomic mass is 19.4. The first-order valence-electron chi connectivity index (χ1n) is 6.42. The van der Waals surface area contributed by atoms with Crippen molar-refractivity contribution in [2.24, 2.45) is 0 Å². The molecule has 4 nitrogen and oxygen atoms in total. The lowest BCUT2D eigenvalue weighted by atomic mass is 10.2. The lowest BCUT2D eigenvalue weighted by molar-refractivity contribution is -0.140. The van der Waals surface area contributed by atoms with Crippen molar-refractivity contribution in [1.82, 2.24) is 10.1 Å². The first-order chi connectivity index (χ1) is 11.2. The maximum Gasteiger partial charge on any atom is 0.437 e. The predicted molar refractivity (Wildman–Crippen MR) is 71.5 cm³/mol. The third kappa shape index (κ3) is 2.99. The van der Waals surface area contributed by atoms with Gasteiger partial charge in [0.2, 0.25) is 0 Å². The van der Waals surface area contributed by atoms with Crippen LogP contribution in [-0.4, -0.2) is 10.1 Å². The summed E-state index contributed by atoms with van der Waals surface area (Å²) >= 11 is 0. The second-order valence-corrected chi connectivity index (χ2v) is 4.77. The highest BCUT2D eigenvalue weighted by Crippen LogP contribution is 2.36. The van der Waals surface area contributed by atoms with Crippen molar-refractivity contribution in [2.75, 3.05) is 5.32 Å². The van der Waals surface area contributed by atoms with Crippen LogP contribution in [0.25, 0.3) is 11.0 Å². The van der Waals surface area contributed by atoms with E-state index < -0.39 is 29.2 Å². The molecule has 0 fully saturated rings. The predicted octanol–water partition coefficient (Wildman–Crippen LogP) is 5.00. The number of nitrogens with one attached hydrogen (secondary N) is 1. The van der Waals surface area contributed by atoms with Crippen LogP contribution in [0.2, 0.25) is 0 Å². The smallest absolute Gasteiger partial charge is 0.352 e. The monoisotopic (exact) mass is 347 g/mol. The number of hydrogen-bond acceptors (Lipinski definition) is 4. The molecule has 0 saturated carbocycles. The fraction of sp³-hybridized carbons (Fsp3) is 0.143. The maximum atomic E-state index is 12.8. The number of rotatable bonds is 2. The summed E-state index contributed by atoms with van der Waals surface area (Å²) in [4.78, 5) is 3.23. The highest BCUT2D eigenvalue weighted by molar-refractivity contribution is 5.91. The summed E-state index contributed by atoms with van der Waals surface area (Å²) in [6.07, 6.45) is -8.25. The maximum absolute atomic E-state index is 12.8. The van der Waals surface area contributed by atoms with Gasteiger partial charge in [-0.05, 0) is 30.3 Å². The Bertz CT molecular complexity index is 867. The molecule has 0 atom stereocenters. The molecule has 0 amide bonds. The molecule has 3 aromatic rings. The van der Waals surface area contributed by atoms with Crippen LogP contribution in [-0.2, 0) is 12.4 Å². The van der Waals surface area contributed by atoms with Crippen molar-refractivity contribution < 1.29 is 30.9 Å². The number of hydrogen-bond donors (Lipinski definition) is 1. The van der Waals surface area contributed by atoms with E-state index in [2.05, 4.69) is 20.0 Å². The molecule has 1 aromatic carbocycles. The number of nitrogens with zero attached hydrogens (tertiary/aromatic N) is 2. The minimum Gasteiger partial charge on any atom is -0.352 e. The Morgan fingerprint density at radius 2 is 1.54 bits per heavy atom. The number of pyridine rings is 1. The molecule has 2 heterocycles. The fourth-order valence-corrected chi connectivity index (χ4v) is 2.04. The Morgan fingerprint density at radius 3 is 2.12 bits per heavy atom. The van der Waals surface area contributed by atoms with E-state index in [4.69, 9.17) is 0 Å². The number of halogens is 6. The standard InChI is InChI=1S/C14H7F6N3O/c15-13(16,17)7-1-3-8(4-2-7)22-12-9-5-6-21-11(14(18,19)20)10(9)24-23-12/h1-6H,(H,22,23). The van der Waals surface area contributed by atoms with Crippen molar-refractivity contribution in [3.05, 3.63) is 47.8 Å². The van der Waals surface area contributed by atoms with Gasteiger partial charge in [-0.2, -0.15) is 26.3 Å². The van der Waals surface area contributed by atoms with Gasteiger partial charge in [-0.1, -0.05) is 5.16 Å². The van der Waals surface area contributed by atoms with Crippen molar-refractivity contribution in [1.29, 1.82) is 0 Å². The molecule has 1 N–H and O–H groups in total. The van der Waals surface area contributed by atoms with E-state index in [-0.39, 0.29) is 16.9 Å². The quantitative estimate of drug-likeness (QED) is 0.663. The third-order valence-corrected chi connectivity index (χ3v) is 3.13. The lowest BCUT2D eigenvalue weighted by Gasteiger charge is -2.08. The molecule has 24 heavy (non-hydrogen) atoms. The van der Waals surface area contributed by atoms with E-state index in [1.165, 1.54) is 6.07 Å². The average molecular weight is 347 g/mol. The zero-order chi connectivity index (χ0) is 17.5. The SMILES string of the molecule is FC(F)(F)c1ccc(Nc2noc3c(C(F)(F)F)nccc23)cc1. The molecule has 126 valence electrons. The molecular weight excluding hydrogens is 340 g/mol. The summed E-state index contributed by atoms with van der Waals surface area (Å²) in [7, 11) is 0. The van der Waals surface area contributed by atoms with Gasteiger partial charge in [-0.25, -0.2) is 4.98 Å². The summed E-state index contributed by atoms with van der Waals surface area (Å²) in [6.45, 7) is 0. The molecule has 0 radical (unpaired) electrons. The molecule has 0 aliphatic rings. The van der Waals surface area contributed by atoms with Gasteiger partial charge < -0.3 is 9.84 Å². The van der Waals surface area contributed by atoms with Gasteiger partial charge in [0.15, 0.2) is 17.1 Å². The van der Waals surface area contributed by atoms with Crippen LogP contribution in [0.4, 0.5) is 37.8 Å². The topological polar surface area (TPSA) is 51.0 Å². The number of benzene rings is 1. The van der Waals surface area contributed by atoms with Crippen LogP contribution in [0.15, 0.2) is 41.1 Å². The van der Waals surface area contributed by atoms with Crippen molar-refractivity contribution in [3.8, 4) is 0 Å². The van der Waals surface area contributed by atoms with E-state index in [1.807, 2.05) is 0 Å². The Labute approximate surface area is 130 Å². The molecule has 10 heteroatoms. The van der Waals surface area contributed by atoms with Crippen LogP contribution in [0.3, 0.4) is 0 Å². The zero-order valence-corrected chi connectivity index (χ0v) is 11.5. The van der Waals surface area contributed by atoms with Gasteiger partial charge in [-0.3, -0.25) is 0 Å². The normalized spacial score (nSPS) is 12.6. The summed E-state index contributed by atoms with van der Waals surface area (Å²) < 4.78 is 80.7. The van der Waals surface area contributed by atoms with E-state index >= 15 is 0 Å². The van der Waals surface area contributed by atoms with Gasteiger partial charge in [0.25, 0.3) is 0 Å². The summed E-state index contributed by atoms with van der Waals surface area (Å²) in [5, 5.41) is 6.12. The fourth-order valence-electron chi connectivity index (χ4n) is 2.04. The van der Waals surface area contributed by atoms with E-state index in [1.54, 1.807) is 0 Å². The van der Waals surface area contributed by atoms with Gasteiger partial charge in [0.1, 0.15) is 0 Å². The first kappa shape index (κ1) is 16.1. The zero-order valence-electron chi connectivity index (χ0n) is 11.5. The summed E-state index contributed by atoms with van der Waals surface area (Å²) in [6, 6.07) is 5.21. The lowest BCUT2D eigenvalue weighted by Crippen LogP contribution is -2.07. The van der Waals surface area contributed by atoms with Crippen molar-refractivity contribution in [3.63, 3.8) is 0 Å². The van der Waals surface area contributed by atoms with Gasteiger partial charge >= 0.3 is 12.4 Å². The number of aromatic nitrogens is 2. The van der Waals surface area contributed by atoms with Gasteiger partial charge in [0.05, 0.1) is 10.9 Å². The molecule has 3 rings (SSSR count). The van der Waals surface area contributed by atoms with Crippen LogP contribution in [0.5, 0.6) is 0 Å². The summed E-state index contributed by atoms with van der Waals surface area (Å²) in [5.41, 5.74) is -2.42. The minimum absolute atomic E-state index is 0.0113. The van der Waals surface area contributed by atoms with Crippen molar-refractivity contribution >= 4 is 22.5 Å². The van der Waals surface area contributed by atoms with Crippen LogP contribution >= 0.6 is 0 Å². The highest BCUT2D eigenvalue weighted by Gasteiger charge is 2.37. The number of alkyl halides is 6. The van der Waals surface area contributed by atoms with E-state index in [0.29, 0.717) is 0 Å². The Balaban J connectivity index is 1.94. The second-order valence-electron chi connectivity index (χ2n) is 4.77. The van der Waals surface area contributed by atoms with Gasteiger partial charge in [-0.15, -0.1) is 0 Å². The molecule has 0 aliphatic heterocycles. The molecule has 2 aromatic heterocycles. The molecule has 0 saturated heterocycles. The summed E-state index contributed by atoms with van der Waals surface area (Å²) in [5.74, 6) is -0.0577. The largest absolute Gasteiger partial charge is 0.437 e. The Morgan fingerprint density at radius 1 is 0.875 bits per heavy atom. The molecular formula is C14H7F6N3O. The third-order valence-electron chi connectivity index (χ3n) is 3.13. The van der Waals surface area contributed by atoms with E-state index in [0.717, 1.165) is 30.5 Å². The Kier molecular flexibility index (Phi) is 3.61. The minimum atomic E-state index is -4.72. The van der Waals surface area contributed by atoms with Crippen LogP contribution in [0.1, 0.15) is 11.3 Å². The number of anilines is 2. The Hall–Kier alpha value is -2.78. The molecule has 0 bridgehead atoms. The van der Waals surface area contributed by atoms with Crippen LogP contribution < -0.4 is 5.32 Å². The molecule has 0 unspecified atom stereocenters.